The zero-order valence-corrected chi connectivity index (χ0v) is 13.5. The van der Waals surface area contributed by atoms with Crippen molar-refractivity contribution < 1.29 is 18.0 Å². The molecule has 0 saturated carbocycles. The number of benzene rings is 1. The SMILES string of the molecule is CN(C)C(CNC(=O)c1ccccc1C(F)(F)F)c1ccsc1. The van der Waals surface area contributed by atoms with Gasteiger partial charge in [0.2, 0.25) is 0 Å². The Bertz CT molecular complexity index is 654. The molecule has 23 heavy (non-hydrogen) atoms. The van der Waals surface area contributed by atoms with Gasteiger partial charge in [-0.05, 0) is 48.6 Å². The van der Waals surface area contributed by atoms with Crippen LogP contribution in [0.25, 0.3) is 0 Å². The third-order valence-electron chi connectivity index (χ3n) is 3.48. The van der Waals surface area contributed by atoms with Crippen molar-refractivity contribution in [2.45, 2.75) is 12.2 Å². The average Bonchev–Trinajstić information content (AvgIpc) is 3.00. The fraction of sp³-hybridized carbons (Fsp3) is 0.312. The Kier molecular flexibility index (Phi) is 5.43. The van der Waals surface area contributed by atoms with Gasteiger partial charge in [-0.15, -0.1) is 0 Å². The number of nitrogens with one attached hydrogen (secondary N) is 1. The van der Waals surface area contributed by atoms with E-state index in [1.165, 1.54) is 29.5 Å². The summed E-state index contributed by atoms with van der Waals surface area (Å²) in [5, 5.41) is 6.49. The standard InChI is InChI=1S/C16H17F3N2OS/c1-21(2)14(11-7-8-23-10-11)9-20-15(22)12-5-3-4-6-13(12)16(17,18)19/h3-8,10,14H,9H2,1-2H3,(H,20,22). The third kappa shape index (κ3) is 4.33. The highest BCUT2D eigenvalue weighted by Gasteiger charge is 2.34. The lowest BCUT2D eigenvalue weighted by Gasteiger charge is -2.24. The van der Waals surface area contributed by atoms with E-state index in [0.29, 0.717) is 0 Å². The Morgan fingerprint density at radius 2 is 1.96 bits per heavy atom. The van der Waals surface area contributed by atoms with Crippen LogP contribution in [0.4, 0.5) is 13.2 Å². The first-order valence-corrected chi connectivity index (χ1v) is 7.88. The Morgan fingerprint density at radius 3 is 2.52 bits per heavy atom. The molecule has 1 N–H and O–H groups in total. The second kappa shape index (κ2) is 7.14. The van der Waals surface area contributed by atoms with Gasteiger partial charge < -0.3 is 10.2 Å². The predicted octanol–water partition coefficient (Wildman–Crippen LogP) is 3.80. The predicted molar refractivity (Wildman–Crippen MR) is 84.5 cm³/mol. The van der Waals surface area contributed by atoms with Crippen molar-refractivity contribution in [3.63, 3.8) is 0 Å². The highest BCUT2D eigenvalue weighted by molar-refractivity contribution is 7.07. The molecule has 0 radical (unpaired) electrons. The number of alkyl halides is 3. The summed E-state index contributed by atoms with van der Waals surface area (Å²) < 4.78 is 38.9. The molecule has 0 bridgehead atoms. The molecule has 2 aromatic rings. The molecule has 1 amide bonds. The van der Waals surface area contributed by atoms with Crippen molar-refractivity contribution >= 4 is 17.2 Å². The number of hydrogen-bond acceptors (Lipinski definition) is 3. The van der Waals surface area contributed by atoms with Gasteiger partial charge in [-0.1, -0.05) is 12.1 Å². The Hall–Kier alpha value is -1.86. The van der Waals surface area contributed by atoms with E-state index >= 15 is 0 Å². The summed E-state index contributed by atoms with van der Waals surface area (Å²) in [6.07, 6.45) is -4.55. The highest BCUT2D eigenvalue weighted by Crippen LogP contribution is 2.31. The second-order valence-corrected chi connectivity index (χ2v) is 6.07. The van der Waals surface area contributed by atoms with Gasteiger partial charge in [-0.25, -0.2) is 0 Å². The number of likely N-dealkylation sites (N-methyl/N-ethyl adjacent to an activating group) is 1. The van der Waals surface area contributed by atoms with Gasteiger partial charge in [0, 0.05) is 6.54 Å². The first-order valence-electron chi connectivity index (χ1n) is 6.93. The highest BCUT2D eigenvalue weighted by atomic mass is 32.1. The van der Waals surface area contributed by atoms with Crippen molar-refractivity contribution in [1.82, 2.24) is 10.2 Å². The molecule has 1 heterocycles. The van der Waals surface area contributed by atoms with Crippen molar-refractivity contribution in [2.24, 2.45) is 0 Å². The normalized spacial score (nSPS) is 13.1. The lowest BCUT2D eigenvalue weighted by molar-refractivity contribution is -0.137. The van der Waals surface area contributed by atoms with Gasteiger partial charge in [-0.2, -0.15) is 24.5 Å². The molecule has 0 spiro atoms. The zero-order chi connectivity index (χ0) is 17.0. The third-order valence-corrected chi connectivity index (χ3v) is 4.19. The molecule has 1 aromatic heterocycles. The molecular formula is C16H17F3N2OS. The molecule has 0 aliphatic heterocycles. The minimum Gasteiger partial charge on any atom is -0.350 e. The number of nitrogens with zero attached hydrogens (tertiary/aromatic N) is 1. The Labute approximate surface area is 136 Å². The van der Waals surface area contributed by atoms with Crippen LogP contribution in [0.2, 0.25) is 0 Å². The monoisotopic (exact) mass is 342 g/mol. The molecule has 0 saturated heterocycles. The Balaban J connectivity index is 2.14. The number of thiophene rings is 1. The van der Waals surface area contributed by atoms with Crippen LogP contribution in [0.5, 0.6) is 0 Å². The van der Waals surface area contributed by atoms with E-state index in [2.05, 4.69) is 5.32 Å². The van der Waals surface area contributed by atoms with Gasteiger partial charge in [-0.3, -0.25) is 4.79 Å². The van der Waals surface area contributed by atoms with Gasteiger partial charge in [0.05, 0.1) is 17.2 Å². The second-order valence-electron chi connectivity index (χ2n) is 5.29. The summed E-state index contributed by atoms with van der Waals surface area (Å²) in [4.78, 5) is 14.1. The van der Waals surface area contributed by atoms with E-state index < -0.39 is 17.6 Å². The van der Waals surface area contributed by atoms with Crippen molar-refractivity contribution in [3.05, 3.63) is 57.8 Å². The van der Waals surface area contributed by atoms with Gasteiger partial charge in [0.25, 0.3) is 5.91 Å². The molecular weight excluding hydrogens is 325 g/mol. The number of carbonyl (C=O) groups is 1. The fourth-order valence-corrected chi connectivity index (χ4v) is 2.98. The number of amides is 1. The zero-order valence-electron chi connectivity index (χ0n) is 12.7. The minimum atomic E-state index is -4.55. The van der Waals surface area contributed by atoms with Crippen molar-refractivity contribution in [2.75, 3.05) is 20.6 Å². The summed E-state index contributed by atoms with van der Waals surface area (Å²) in [6.45, 7) is 0.231. The van der Waals surface area contributed by atoms with Crippen LogP contribution in [0.1, 0.15) is 27.5 Å². The lowest BCUT2D eigenvalue weighted by atomic mass is 10.1. The van der Waals surface area contributed by atoms with Gasteiger partial charge >= 0.3 is 6.18 Å². The van der Waals surface area contributed by atoms with Crippen LogP contribution in [0.3, 0.4) is 0 Å². The van der Waals surface area contributed by atoms with Gasteiger partial charge in [0.1, 0.15) is 0 Å². The van der Waals surface area contributed by atoms with Crippen LogP contribution in [-0.2, 0) is 6.18 Å². The number of halogens is 3. The molecule has 2 rings (SSSR count). The summed E-state index contributed by atoms with van der Waals surface area (Å²) in [5.41, 5.74) is -0.262. The van der Waals surface area contributed by atoms with Crippen LogP contribution in [-0.4, -0.2) is 31.4 Å². The molecule has 0 aliphatic carbocycles. The van der Waals surface area contributed by atoms with Crippen molar-refractivity contribution in [1.29, 1.82) is 0 Å². The molecule has 3 nitrogen and oxygen atoms in total. The smallest absolute Gasteiger partial charge is 0.350 e. The lowest BCUT2D eigenvalue weighted by Crippen LogP contribution is -2.35. The molecule has 1 aromatic carbocycles. The molecule has 1 atom stereocenters. The first kappa shape index (κ1) is 17.5. The van der Waals surface area contributed by atoms with E-state index in [4.69, 9.17) is 0 Å². The number of rotatable bonds is 5. The maximum Gasteiger partial charge on any atom is 0.417 e. The molecule has 1 unspecified atom stereocenters. The van der Waals surface area contributed by atoms with Gasteiger partial charge in [0.15, 0.2) is 0 Å². The summed E-state index contributed by atoms with van der Waals surface area (Å²) >= 11 is 1.53. The number of hydrogen-bond donors (Lipinski definition) is 1. The van der Waals surface area contributed by atoms with E-state index in [1.54, 1.807) is 0 Å². The summed E-state index contributed by atoms with van der Waals surface area (Å²) in [7, 11) is 3.72. The van der Waals surface area contributed by atoms with Crippen LogP contribution < -0.4 is 5.32 Å². The van der Waals surface area contributed by atoms with Crippen LogP contribution in [0.15, 0.2) is 41.1 Å². The first-order chi connectivity index (χ1) is 10.8. The average molecular weight is 342 g/mol. The van der Waals surface area contributed by atoms with Crippen LogP contribution >= 0.6 is 11.3 Å². The number of carbonyl (C=O) groups excluding carboxylic acids is 1. The quantitative estimate of drug-likeness (QED) is 0.896. The molecule has 0 aliphatic rings. The fourth-order valence-electron chi connectivity index (χ4n) is 2.28. The Morgan fingerprint density at radius 1 is 1.26 bits per heavy atom. The topological polar surface area (TPSA) is 32.3 Å². The molecule has 0 fully saturated rings. The van der Waals surface area contributed by atoms with E-state index in [0.717, 1.165) is 11.6 Å². The minimum absolute atomic E-state index is 0.0942. The van der Waals surface area contributed by atoms with Crippen LogP contribution in [0, 0.1) is 0 Å². The van der Waals surface area contributed by atoms with E-state index in [9.17, 15) is 18.0 Å². The maximum absolute atomic E-state index is 13.0. The summed E-state index contributed by atoms with van der Waals surface area (Å²) in [5.74, 6) is -0.722. The molecule has 124 valence electrons. The van der Waals surface area contributed by atoms with E-state index in [-0.39, 0.29) is 18.2 Å². The summed E-state index contributed by atoms with van der Waals surface area (Å²) in [6, 6.07) is 6.64. The largest absolute Gasteiger partial charge is 0.417 e. The maximum atomic E-state index is 13.0. The molecule has 7 heteroatoms. The van der Waals surface area contributed by atoms with E-state index in [1.807, 2.05) is 35.8 Å². The van der Waals surface area contributed by atoms with Crippen molar-refractivity contribution in [3.8, 4) is 0 Å².